The summed E-state index contributed by atoms with van der Waals surface area (Å²) < 4.78 is 43.5. The minimum absolute atomic E-state index is 0. The maximum atomic E-state index is 13.4. The molecule has 0 aromatic heterocycles. The minimum atomic E-state index is -1.02. The molecule has 8 nitrogen and oxygen atoms in total. The van der Waals surface area contributed by atoms with E-state index in [0.717, 1.165) is 5.56 Å². The molecular weight excluding hydrogens is 699 g/mol. The number of carbonyl (C=O) groups excluding carboxylic acids is 3. The Labute approximate surface area is 346 Å². The third-order valence-electron chi connectivity index (χ3n) is 8.24. The van der Waals surface area contributed by atoms with Crippen LogP contribution in [-0.2, 0) is 36.4 Å². The van der Waals surface area contributed by atoms with E-state index in [9.17, 15) is 43.2 Å². The van der Waals surface area contributed by atoms with E-state index in [1.54, 1.807) is 51.1 Å². The number of ketones is 2. The summed E-state index contributed by atoms with van der Waals surface area (Å²) in [6.45, 7) is 4.90. The number of ether oxygens (including phenoxy) is 1. The van der Waals surface area contributed by atoms with E-state index in [-0.39, 0.29) is 93.8 Å². The summed E-state index contributed by atoms with van der Waals surface area (Å²) in [5.41, 5.74) is -0.517. The number of halogens is 3. The number of carbonyl (C=O) groups is 3. The Hall–Kier alpha value is -3.67. The van der Waals surface area contributed by atoms with Gasteiger partial charge < -0.3 is 9.84 Å². The van der Waals surface area contributed by atoms with Crippen LogP contribution in [-0.4, -0.2) is 30.2 Å². The van der Waals surface area contributed by atoms with E-state index in [1.807, 2.05) is 6.07 Å². The van der Waals surface area contributed by atoms with Crippen molar-refractivity contribution in [1.29, 1.82) is 15.8 Å². The zero-order valence-corrected chi connectivity index (χ0v) is 33.3. The predicted octanol–water partition coefficient (Wildman–Crippen LogP) is 3.90. The standard InChI is InChI=1S/C15H14FNO3.C13H12FNO.C8H6FN.C4H9O.K/c1-20-14(19)12-8-15(9-17,6-5-13(12)18)10-3-2-4-11(16)7-10;14-11-3-1-2-10(8-11)13(9-15)6-4-12(16)5-7-13;9-8-3-1-2-7(6-8)4-5-10;1-4(2,3)5;/h2-4,7,12H,5-6,8H2,1H3;1-3,8H,4-7H2;1-3,6H,4H2;1-3H3;/q;;;-1;+1. The number of methoxy groups -OCH3 is 1. The average molecular weight is 740 g/mol. The molecule has 0 heterocycles. The van der Waals surface area contributed by atoms with Gasteiger partial charge in [-0.15, -0.1) is 5.60 Å². The van der Waals surface area contributed by atoms with E-state index < -0.39 is 34.1 Å². The van der Waals surface area contributed by atoms with Crippen molar-refractivity contribution in [2.75, 3.05) is 7.11 Å². The molecule has 2 unspecified atom stereocenters. The van der Waals surface area contributed by atoms with E-state index >= 15 is 0 Å². The first kappa shape index (κ1) is 46.3. The topological polar surface area (TPSA) is 155 Å². The van der Waals surface area contributed by atoms with Crippen LogP contribution < -0.4 is 56.5 Å². The van der Waals surface area contributed by atoms with Gasteiger partial charge in [-0.3, -0.25) is 14.4 Å². The van der Waals surface area contributed by atoms with Gasteiger partial charge in [0.25, 0.3) is 0 Å². The van der Waals surface area contributed by atoms with Crippen LogP contribution in [0.5, 0.6) is 0 Å². The van der Waals surface area contributed by atoms with E-state index in [1.165, 1.54) is 49.6 Å². The van der Waals surface area contributed by atoms with Gasteiger partial charge in [0.05, 0.1) is 42.6 Å². The first-order valence-electron chi connectivity index (χ1n) is 16.3. The monoisotopic (exact) mass is 739 g/mol. The SMILES string of the molecule is CC(C)(C)[O-].COC(=O)C1CC(C#N)(c2cccc(F)c2)CCC1=O.N#CC1(c2cccc(F)c2)CCC(=O)CC1.N#CCc1cccc(F)c1.[K+]. The second-order valence-electron chi connectivity index (χ2n) is 13.3. The summed E-state index contributed by atoms with van der Waals surface area (Å²) in [7, 11) is 1.21. The molecule has 5 rings (SSSR count). The van der Waals surface area contributed by atoms with Crippen molar-refractivity contribution in [1.82, 2.24) is 0 Å². The molecule has 0 saturated heterocycles. The number of hydrogen-bond acceptors (Lipinski definition) is 8. The molecule has 2 aliphatic carbocycles. The van der Waals surface area contributed by atoms with Crippen LogP contribution in [0.2, 0.25) is 0 Å². The number of Topliss-reactive ketones (excluding diaryl/α,β-unsaturated/α-hetero) is 2. The molecule has 3 aromatic rings. The van der Waals surface area contributed by atoms with Gasteiger partial charge in [-0.25, -0.2) is 13.2 Å². The van der Waals surface area contributed by atoms with E-state index in [4.69, 9.17) is 5.26 Å². The summed E-state index contributed by atoms with van der Waals surface area (Å²) in [5.74, 6) is -2.66. The molecule has 3 aromatic carbocycles. The number of esters is 1. The van der Waals surface area contributed by atoms with E-state index in [2.05, 4.69) is 16.9 Å². The predicted molar refractivity (Wildman–Crippen MR) is 181 cm³/mol. The molecule has 0 radical (unpaired) electrons. The molecular formula is C40H41F3KN3O5. The molecule has 2 aliphatic rings. The average Bonchev–Trinajstić information content (AvgIpc) is 3.09. The third kappa shape index (κ3) is 14.8. The van der Waals surface area contributed by atoms with Crippen molar-refractivity contribution in [3.63, 3.8) is 0 Å². The zero-order valence-electron chi connectivity index (χ0n) is 30.2. The molecule has 268 valence electrons. The Morgan fingerprint density at radius 3 is 1.67 bits per heavy atom. The number of nitrogens with zero attached hydrogens (tertiary/aromatic N) is 3. The fourth-order valence-corrected chi connectivity index (χ4v) is 5.59. The summed E-state index contributed by atoms with van der Waals surface area (Å²) in [6, 6.07) is 24.3. The van der Waals surface area contributed by atoms with Crippen molar-refractivity contribution in [3.8, 4) is 18.2 Å². The molecule has 0 bridgehead atoms. The Kier molecular flexibility index (Phi) is 19.4. The smallest absolute Gasteiger partial charge is 0.850 e. The van der Waals surface area contributed by atoms with Crippen LogP contribution in [0.4, 0.5) is 13.2 Å². The van der Waals surface area contributed by atoms with Crippen LogP contribution in [0.1, 0.15) is 82.4 Å². The molecule has 0 N–H and O–H groups in total. The third-order valence-corrected chi connectivity index (χ3v) is 8.24. The molecule has 0 amide bonds. The molecule has 0 spiro atoms. The molecule has 2 fully saturated rings. The zero-order chi connectivity index (χ0) is 38.2. The second-order valence-corrected chi connectivity index (χ2v) is 13.3. The molecule has 2 atom stereocenters. The molecule has 2 saturated carbocycles. The van der Waals surface area contributed by atoms with Gasteiger partial charge in [0.2, 0.25) is 0 Å². The largest absolute Gasteiger partial charge is 1.00 e. The fourth-order valence-electron chi connectivity index (χ4n) is 5.59. The van der Waals surface area contributed by atoms with Gasteiger partial charge >= 0.3 is 57.4 Å². The fraction of sp³-hybridized carbons (Fsp3) is 0.400. The second kappa shape index (κ2) is 21.8. The maximum absolute atomic E-state index is 13.4. The Bertz CT molecular complexity index is 1790. The van der Waals surface area contributed by atoms with E-state index in [0.29, 0.717) is 43.2 Å². The van der Waals surface area contributed by atoms with Crippen LogP contribution in [0, 0.1) is 57.4 Å². The normalized spacial score (nSPS) is 18.7. The van der Waals surface area contributed by atoms with Gasteiger partial charge in [0.15, 0.2) is 0 Å². The van der Waals surface area contributed by atoms with Gasteiger partial charge in [0.1, 0.15) is 34.9 Å². The molecule has 52 heavy (non-hydrogen) atoms. The van der Waals surface area contributed by atoms with Crippen LogP contribution in [0.3, 0.4) is 0 Å². The van der Waals surface area contributed by atoms with Crippen LogP contribution in [0.15, 0.2) is 72.8 Å². The van der Waals surface area contributed by atoms with Gasteiger partial charge in [-0.1, -0.05) is 57.2 Å². The first-order valence-corrected chi connectivity index (χ1v) is 16.3. The van der Waals surface area contributed by atoms with Crippen LogP contribution in [0.25, 0.3) is 0 Å². The minimum Gasteiger partial charge on any atom is -0.850 e. The molecule has 0 aliphatic heterocycles. The van der Waals surface area contributed by atoms with Gasteiger partial charge in [-0.2, -0.15) is 15.8 Å². The van der Waals surface area contributed by atoms with Crippen molar-refractivity contribution < 1.29 is 88.8 Å². The number of nitriles is 3. The van der Waals surface area contributed by atoms with Crippen molar-refractivity contribution in [3.05, 3.63) is 107 Å². The van der Waals surface area contributed by atoms with Gasteiger partial charge in [0, 0.05) is 19.3 Å². The van der Waals surface area contributed by atoms with Gasteiger partial charge in [-0.05, 0) is 78.8 Å². The number of benzene rings is 3. The summed E-state index contributed by atoms with van der Waals surface area (Å²) in [5, 5.41) is 37.1. The maximum Gasteiger partial charge on any atom is 1.00 e. The Balaban J connectivity index is 0.000000377. The van der Waals surface area contributed by atoms with Crippen molar-refractivity contribution in [2.24, 2.45) is 5.92 Å². The Morgan fingerprint density at radius 2 is 1.25 bits per heavy atom. The quantitative estimate of drug-likeness (QED) is 0.222. The van der Waals surface area contributed by atoms with Crippen LogP contribution >= 0.6 is 0 Å². The number of rotatable bonds is 4. The first-order chi connectivity index (χ1) is 24.0. The summed E-state index contributed by atoms with van der Waals surface area (Å²) >= 11 is 0. The van der Waals surface area contributed by atoms with Crippen molar-refractivity contribution in [2.45, 2.75) is 88.6 Å². The summed E-state index contributed by atoms with van der Waals surface area (Å²) in [4.78, 5) is 34.6. The van der Waals surface area contributed by atoms with Crippen molar-refractivity contribution >= 4 is 17.5 Å². The number of hydrogen-bond donors (Lipinski definition) is 0. The Morgan fingerprint density at radius 1 is 0.808 bits per heavy atom. The summed E-state index contributed by atoms with van der Waals surface area (Å²) in [6.07, 6.45) is 2.57. The molecule has 12 heteroatoms.